The van der Waals surface area contributed by atoms with Crippen LogP contribution in [0.2, 0.25) is 0 Å². The van der Waals surface area contributed by atoms with Gasteiger partial charge in [-0.05, 0) is 6.92 Å². The number of rotatable bonds is 10. The van der Waals surface area contributed by atoms with Gasteiger partial charge in [0, 0.05) is 29.4 Å². The Kier molecular flexibility index (Phi) is 24.4. The first-order valence-electron chi connectivity index (χ1n) is 6.83. The molecule has 0 aliphatic heterocycles. The molecule has 152 valence electrons. The van der Waals surface area contributed by atoms with E-state index in [1.54, 1.807) is 0 Å². The number of alkyl halides is 6. The fourth-order valence-electron chi connectivity index (χ4n) is 0.955. The second-order valence-corrected chi connectivity index (χ2v) is 7.00. The summed E-state index contributed by atoms with van der Waals surface area (Å²) in [7, 11) is 0. The molecule has 0 radical (unpaired) electrons. The molecule has 0 aliphatic carbocycles. The zero-order valence-corrected chi connectivity index (χ0v) is 18.1. The van der Waals surface area contributed by atoms with Gasteiger partial charge in [-0.1, -0.05) is 0 Å². The first-order valence-corrected chi connectivity index (χ1v) is 9.14. The summed E-state index contributed by atoms with van der Waals surface area (Å²) in [5, 5.41) is 8.14. The number of hydrogen-bond acceptors (Lipinski definition) is 5. The Labute approximate surface area is 178 Å². The van der Waals surface area contributed by atoms with Crippen molar-refractivity contribution in [3.8, 4) is 0 Å². The predicted molar refractivity (Wildman–Crippen MR) is 85.5 cm³/mol. The molecule has 0 atom stereocenters. The Bertz CT molecular complexity index is 334. The van der Waals surface area contributed by atoms with E-state index < -0.39 is 31.2 Å². The minimum atomic E-state index is -4.13. The molecule has 0 fully saturated rings. The average molecular weight is 442 g/mol. The molecule has 0 aliphatic rings. The third-order valence-electron chi connectivity index (χ3n) is 2.12. The van der Waals surface area contributed by atoms with Gasteiger partial charge in [-0.25, -0.2) is 0 Å². The van der Waals surface area contributed by atoms with Crippen LogP contribution in [-0.2, 0) is 9.59 Å². The third-order valence-corrected chi connectivity index (χ3v) is 4.09. The largest absolute Gasteiger partial charge is 1.00 e. The van der Waals surface area contributed by atoms with E-state index >= 15 is 0 Å². The van der Waals surface area contributed by atoms with Crippen LogP contribution in [0.3, 0.4) is 0 Å². The molecule has 0 bridgehead atoms. The number of thioether (sulfide) groups is 2. The van der Waals surface area contributed by atoms with Crippen molar-refractivity contribution in [3.05, 3.63) is 0 Å². The number of carbonyl (C=O) groups excluding carboxylic acids is 1. The van der Waals surface area contributed by atoms with Gasteiger partial charge in [-0.15, -0.1) is 0 Å². The molecule has 0 saturated carbocycles. The van der Waals surface area contributed by atoms with E-state index in [4.69, 9.17) is 5.11 Å². The van der Waals surface area contributed by atoms with E-state index in [1.165, 1.54) is 18.7 Å². The zero-order chi connectivity index (χ0) is 19.2. The quantitative estimate of drug-likeness (QED) is 0.315. The summed E-state index contributed by atoms with van der Waals surface area (Å²) in [6.07, 6.45) is -9.53. The monoisotopic (exact) mass is 442 g/mol. The van der Waals surface area contributed by atoms with Crippen LogP contribution < -0.4 is 29.6 Å². The molecule has 0 amide bonds. The molecule has 0 heterocycles. The number of carbonyl (C=O) groups is 2. The molecular formula is C13H21F6NaO4S2. The number of carboxylic acids is 1. The minimum absolute atomic E-state index is 0. The van der Waals surface area contributed by atoms with Crippen LogP contribution in [0.1, 0.15) is 32.6 Å². The van der Waals surface area contributed by atoms with Crippen molar-refractivity contribution in [1.29, 1.82) is 0 Å². The van der Waals surface area contributed by atoms with Crippen LogP contribution in [0, 0.1) is 0 Å². The van der Waals surface area contributed by atoms with E-state index in [2.05, 4.69) is 0 Å². The predicted octanol–water partition coefficient (Wildman–Crippen LogP) is 1.62. The Morgan fingerprint density at radius 1 is 0.808 bits per heavy atom. The van der Waals surface area contributed by atoms with E-state index in [9.17, 15) is 35.9 Å². The smallest absolute Gasteiger partial charge is 0.870 e. The fraction of sp³-hybridized carbons (Fsp3) is 0.846. The summed E-state index contributed by atoms with van der Waals surface area (Å²) < 4.78 is 69.2. The topological polar surface area (TPSA) is 84.4 Å². The van der Waals surface area contributed by atoms with Gasteiger partial charge in [0.1, 0.15) is 5.78 Å². The van der Waals surface area contributed by atoms with Gasteiger partial charge in [-0.2, -0.15) is 49.9 Å². The molecule has 0 aromatic heterocycles. The SMILES string of the molecule is CC(=O)CCSCCC(F)(F)F.O=C(O)CCSCCC(F)(F)F.[Na+].[OH-]. The number of ketones is 1. The Balaban J connectivity index is -0.000000173. The van der Waals surface area contributed by atoms with Gasteiger partial charge in [-0.3, -0.25) is 9.59 Å². The van der Waals surface area contributed by atoms with Crippen molar-refractivity contribution < 1.29 is 76.1 Å². The number of aliphatic carboxylic acids is 1. The zero-order valence-electron chi connectivity index (χ0n) is 14.5. The van der Waals surface area contributed by atoms with Gasteiger partial charge < -0.3 is 10.6 Å². The van der Waals surface area contributed by atoms with Gasteiger partial charge in [0.25, 0.3) is 0 Å². The number of halogens is 6. The Morgan fingerprint density at radius 3 is 1.42 bits per heavy atom. The van der Waals surface area contributed by atoms with Crippen molar-refractivity contribution >= 4 is 35.3 Å². The molecule has 0 aromatic rings. The molecule has 0 rings (SSSR count). The Hall–Kier alpha value is 0.380. The van der Waals surface area contributed by atoms with Gasteiger partial charge in [0.05, 0.1) is 19.3 Å². The maximum absolute atomic E-state index is 11.6. The average Bonchev–Trinajstić information content (AvgIpc) is 2.35. The second kappa shape index (κ2) is 18.7. The molecule has 4 nitrogen and oxygen atoms in total. The molecule has 13 heteroatoms. The van der Waals surface area contributed by atoms with Crippen molar-refractivity contribution in [2.24, 2.45) is 0 Å². The maximum Gasteiger partial charge on any atom is 1.00 e. The van der Waals surface area contributed by atoms with Gasteiger partial charge >= 0.3 is 47.9 Å². The van der Waals surface area contributed by atoms with Crippen molar-refractivity contribution in [3.63, 3.8) is 0 Å². The van der Waals surface area contributed by atoms with Crippen molar-refractivity contribution in [2.75, 3.05) is 23.0 Å². The standard InChI is InChI=1S/C7H11F3OS.C6H9F3O2S.Na.H2O/c1-6(11)2-4-12-5-3-7(8,9)10;7-6(8,9)2-4-12-3-1-5(10)11;;/h2-5H2,1H3;1-4H2,(H,10,11);;1H2/q;;+1;/p-1. The molecule has 26 heavy (non-hydrogen) atoms. The van der Waals surface area contributed by atoms with Crippen LogP contribution in [0.15, 0.2) is 0 Å². The summed E-state index contributed by atoms with van der Waals surface area (Å²) in [5.74, 6) is -0.228. The van der Waals surface area contributed by atoms with Crippen LogP contribution in [0.4, 0.5) is 26.3 Å². The number of hydrogen-bond donors (Lipinski definition) is 1. The van der Waals surface area contributed by atoms with Gasteiger partial charge in [0.2, 0.25) is 0 Å². The first-order chi connectivity index (χ1) is 10.8. The maximum atomic E-state index is 11.6. The normalized spacial score (nSPS) is 10.7. The molecule has 0 unspecified atom stereocenters. The summed E-state index contributed by atoms with van der Waals surface area (Å²) in [4.78, 5) is 20.3. The molecule has 2 N–H and O–H groups in total. The second-order valence-electron chi connectivity index (χ2n) is 4.55. The van der Waals surface area contributed by atoms with E-state index in [0.717, 1.165) is 11.8 Å². The van der Waals surface area contributed by atoms with Gasteiger partial charge in [0.15, 0.2) is 0 Å². The van der Waals surface area contributed by atoms with Crippen molar-refractivity contribution in [1.82, 2.24) is 0 Å². The van der Waals surface area contributed by atoms with Crippen molar-refractivity contribution in [2.45, 2.75) is 45.0 Å². The summed E-state index contributed by atoms with van der Waals surface area (Å²) in [5.41, 5.74) is 0. The summed E-state index contributed by atoms with van der Waals surface area (Å²) in [6.45, 7) is 1.43. The van der Waals surface area contributed by atoms with E-state index in [0.29, 0.717) is 12.2 Å². The fourth-order valence-corrected chi connectivity index (χ4v) is 2.87. The molecule has 0 aromatic carbocycles. The molecule has 0 spiro atoms. The van der Waals surface area contributed by atoms with E-state index in [1.807, 2.05) is 0 Å². The molecular weight excluding hydrogens is 421 g/mol. The summed E-state index contributed by atoms with van der Waals surface area (Å²) in [6, 6.07) is 0. The Morgan fingerprint density at radius 2 is 1.15 bits per heavy atom. The number of carboxylic acid groups (broad SMARTS) is 1. The van der Waals surface area contributed by atoms with Crippen LogP contribution in [0.25, 0.3) is 0 Å². The first kappa shape index (κ1) is 33.9. The summed E-state index contributed by atoms with van der Waals surface area (Å²) >= 11 is 2.18. The molecule has 0 saturated heterocycles. The van der Waals surface area contributed by atoms with E-state index in [-0.39, 0.29) is 64.5 Å². The van der Waals surface area contributed by atoms with Crippen LogP contribution in [-0.4, -0.2) is 57.7 Å². The van der Waals surface area contributed by atoms with Crippen LogP contribution in [0.5, 0.6) is 0 Å². The third kappa shape index (κ3) is 39.4. The minimum Gasteiger partial charge on any atom is -0.870 e. The van der Waals surface area contributed by atoms with Crippen LogP contribution >= 0.6 is 23.5 Å². The number of Topliss-reactive ketones (excluding diaryl/α,β-unsaturated/α-hetero) is 1.